The molecule has 1 aromatic heterocycles. The summed E-state index contributed by atoms with van der Waals surface area (Å²) in [7, 11) is 0. The second-order valence-electron chi connectivity index (χ2n) is 7.43. The standard InChI is InChI=1S/C23H25N3O4S/c1-2-30-18-9-7-17(8-10-18)26-20-6-4-3-5-19(20)24-23(26)31-15-21(27)25-13-11-16(12-14-25)22(28)29/h3-10,16H,2,11-15H2,1H3,(H,28,29). The third-order valence-corrected chi connectivity index (χ3v) is 6.38. The quantitative estimate of drug-likeness (QED) is 0.563. The number of benzene rings is 2. The molecule has 2 heterocycles. The summed E-state index contributed by atoms with van der Waals surface area (Å²) in [6, 6.07) is 15.7. The second kappa shape index (κ2) is 9.43. The van der Waals surface area contributed by atoms with E-state index in [1.807, 2.05) is 55.5 Å². The monoisotopic (exact) mass is 439 g/mol. The highest BCUT2D eigenvalue weighted by Gasteiger charge is 2.27. The zero-order valence-corrected chi connectivity index (χ0v) is 18.2. The summed E-state index contributed by atoms with van der Waals surface area (Å²) in [5.74, 6) is -0.0342. The van der Waals surface area contributed by atoms with Gasteiger partial charge in [0, 0.05) is 18.8 Å². The van der Waals surface area contributed by atoms with E-state index in [9.17, 15) is 9.59 Å². The van der Waals surface area contributed by atoms with Crippen molar-refractivity contribution in [3.8, 4) is 11.4 Å². The molecule has 7 nitrogen and oxygen atoms in total. The molecule has 0 aliphatic carbocycles. The van der Waals surface area contributed by atoms with E-state index in [0.29, 0.717) is 32.5 Å². The lowest BCUT2D eigenvalue weighted by Gasteiger charge is -2.30. The van der Waals surface area contributed by atoms with Crippen LogP contribution in [0.1, 0.15) is 19.8 Å². The molecule has 0 bridgehead atoms. The van der Waals surface area contributed by atoms with Crippen LogP contribution in [-0.2, 0) is 9.59 Å². The molecule has 3 aromatic rings. The molecule has 1 amide bonds. The molecule has 0 unspecified atom stereocenters. The predicted octanol–water partition coefficient (Wildman–Crippen LogP) is 3.84. The average Bonchev–Trinajstić information content (AvgIpc) is 3.16. The predicted molar refractivity (Wildman–Crippen MR) is 120 cm³/mol. The van der Waals surface area contributed by atoms with Crippen LogP contribution >= 0.6 is 11.8 Å². The summed E-state index contributed by atoms with van der Waals surface area (Å²) in [4.78, 5) is 30.4. The van der Waals surface area contributed by atoms with Gasteiger partial charge in [0.05, 0.1) is 29.3 Å². The van der Waals surface area contributed by atoms with E-state index >= 15 is 0 Å². The Morgan fingerprint density at radius 3 is 2.52 bits per heavy atom. The SMILES string of the molecule is CCOc1ccc(-n2c(SCC(=O)N3CCC(C(=O)O)CC3)nc3ccccc32)cc1. The van der Waals surface area contributed by atoms with E-state index in [0.717, 1.165) is 27.6 Å². The smallest absolute Gasteiger partial charge is 0.306 e. The van der Waals surface area contributed by atoms with E-state index in [4.69, 9.17) is 14.8 Å². The highest BCUT2D eigenvalue weighted by atomic mass is 32.2. The molecule has 1 aliphatic rings. The Morgan fingerprint density at radius 2 is 1.84 bits per heavy atom. The number of hydrogen-bond acceptors (Lipinski definition) is 5. The van der Waals surface area contributed by atoms with Gasteiger partial charge >= 0.3 is 5.97 Å². The number of piperidine rings is 1. The van der Waals surface area contributed by atoms with E-state index in [1.54, 1.807) is 4.90 Å². The van der Waals surface area contributed by atoms with E-state index < -0.39 is 5.97 Å². The summed E-state index contributed by atoms with van der Waals surface area (Å²) in [5.41, 5.74) is 2.80. The Hall–Kier alpha value is -3.00. The fourth-order valence-corrected chi connectivity index (χ4v) is 4.73. The lowest BCUT2D eigenvalue weighted by molar-refractivity contribution is -0.145. The molecule has 1 saturated heterocycles. The molecule has 0 radical (unpaired) electrons. The number of amides is 1. The Labute approximate surface area is 185 Å². The lowest BCUT2D eigenvalue weighted by Crippen LogP contribution is -2.41. The number of carbonyl (C=O) groups excluding carboxylic acids is 1. The Balaban J connectivity index is 1.52. The number of likely N-dealkylation sites (tertiary alicyclic amines) is 1. The van der Waals surface area contributed by atoms with E-state index in [2.05, 4.69) is 4.57 Å². The van der Waals surface area contributed by atoms with Crippen molar-refractivity contribution >= 4 is 34.7 Å². The minimum Gasteiger partial charge on any atom is -0.494 e. The van der Waals surface area contributed by atoms with Crippen LogP contribution in [0.25, 0.3) is 16.7 Å². The van der Waals surface area contributed by atoms with Gasteiger partial charge in [-0.2, -0.15) is 0 Å². The first kappa shape index (κ1) is 21.2. The number of imidazole rings is 1. The van der Waals surface area contributed by atoms with Crippen LogP contribution in [0.15, 0.2) is 53.7 Å². The molecule has 0 saturated carbocycles. The molecular formula is C23H25N3O4S. The highest BCUT2D eigenvalue weighted by molar-refractivity contribution is 7.99. The van der Waals surface area contributed by atoms with Crippen molar-refractivity contribution in [2.45, 2.75) is 24.9 Å². The summed E-state index contributed by atoms with van der Waals surface area (Å²) < 4.78 is 7.60. The van der Waals surface area contributed by atoms with Crippen molar-refractivity contribution < 1.29 is 19.4 Å². The Kier molecular flexibility index (Phi) is 6.46. The zero-order valence-electron chi connectivity index (χ0n) is 17.4. The van der Waals surface area contributed by atoms with Crippen molar-refractivity contribution in [2.24, 2.45) is 5.92 Å². The van der Waals surface area contributed by atoms with Crippen LogP contribution in [-0.4, -0.2) is 56.9 Å². The largest absolute Gasteiger partial charge is 0.494 e. The van der Waals surface area contributed by atoms with Crippen LogP contribution in [0.4, 0.5) is 0 Å². The van der Waals surface area contributed by atoms with Crippen molar-refractivity contribution in [1.29, 1.82) is 0 Å². The van der Waals surface area contributed by atoms with Gasteiger partial charge in [0.25, 0.3) is 0 Å². The number of carboxylic acid groups (broad SMARTS) is 1. The zero-order chi connectivity index (χ0) is 21.8. The second-order valence-corrected chi connectivity index (χ2v) is 8.37. The van der Waals surface area contributed by atoms with Crippen molar-refractivity contribution in [1.82, 2.24) is 14.5 Å². The van der Waals surface area contributed by atoms with Crippen LogP contribution in [0.2, 0.25) is 0 Å². The van der Waals surface area contributed by atoms with Gasteiger partial charge in [-0.25, -0.2) is 4.98 Å². The van der Waals surface area contributed by atoms with Crippen LogP contribution in [0.3, 0.4) is 0 Å². The van der Waals surface area contributed by atoms with Crippen LogP contribution in [0, 0.1) is 5.92 Å². The number of aromatic nitrogens is 2. The molecule has 0 atom stereocenters. The van der Waals surface area contributed by atoms with Crippen molar-refractivity contribution in [3.05, 3.63) is 48.5 Å². The molecule has 31 heavy (non-hydrogen) atoms. The molecule has 4 rings (SSSR count). The summed E-state index contributed by atoms with van der Waals surface area (Å²) in [6.07, 6.45) is 1.02. The lowest BCUT2D eigenvalue weighted by atomic mass is 9.97. The van der Waals surface area contributed by atoms with Crippen molar-refractivity contribution in [2.75, 3.05) is 25.4 Å². The van der Waals surface area contributed by atoms with E-state index in [-0.39, 0.29) is 17.6 Å². The maximum Gasteiger partial charge on any atom is 0.306 e. The third kappa shape index (κ3) is 4.69. The van der Waals surface area contributed by atoms with Gasteiger partial charge in [0.15, 0.2) is 5.16 Å². The van der Waals surface area contributed by atoms with E-state index in [1.165, 1.54) is 11.8 Å². The first-order valence-electron chi connectivity index (χ1n) is 10.4. The fraction of sp³-hybridized carbons (Fsp3) is 0.348. The van der Waals surface area contributed by atoms with Gasteiger partial charge < -0.3 is 14.7 Å². The Morgan fingerprint density at radius 1 is 1.13 bits per heavy atom. The maximum atomic E-state index is 12.7. The van der Waals surface area contributed by atoms with Gasteiger partial charge in [-0.1, -0.05) is 23.9 Å². The molecule has 1 fully saturated rings. The van der Waals surface area contributed by atoms with Gasteiger partial charge in [0.2, 0.25) is 5.91 Å². The van der Waals surface area contributed by atoms with Gasteiger partial charge in [0.1, 0.15) is 5.75 Å². The fourth-order valence-electron chi connectivity index (χ4n) is 3.80. The van der Waals surface area contributed by atoms with Crippen LogP contribution < -0.4 is 4.74 Å². The molecule has 0 spiro atoms. The van der Waals surface area contributed by atoms with Crippen molar-refractivity contribution in [3.63, 3.8) is 0 Å². The highest BCUT2D eigenvalue weighted by Crippen LogP contribution is 2.29. The van der Waals surface area contributed by atoms with Crippen LogP contribution in [0.5, 0.6) is 5.75 Å². The third-order valence-electron chi connectivity index (χ3n) is 5.46. The number of carboxylic acids is 1. The topological polar surface area (TPSA) is 84.7 Å². The molecule has 8 heteroatoms. The Bertz CT molecular complexity index is 1070. The normalized spacial score (nSPS) is 14.7. The minimum atomic E-state index is -0.773. The summed E-state index contributed by atoms with van der Waals surface area (Å²) in [5, 5.41) is 9.89. The average molecular weight is 440 g/mol. The molecule has 162 valence electrons. The molecule has 1 N–H and O–H groups in total. The van der Waals surface area contributed by atoms with Gasteiger partial charge in [-0.05, 0) is 56.2 Å². The molecule has 1 aliphatic heterocycles. The number of ether oxygens (including phenoxy) is 1. The molecule has 2 aromatic carbocycles. The number of fused-ring (bicyclic) bond motifs is 1. The van der Waals surface area contributed by atoms with Gasteiger partial charge in [-0.15, -0.1) is 0 Å². The van der Waals surface area contributed by atoms with Gasteiger partial charge in [-0.3, -0.25) is 14.2 Å². The number of rotatable bonds is 7. The number of hydrogen-bond donors (Lipinski definition) is 1. The minimum absolute atomic E-state index is 0.0131. The number of aliphatic carboxylic acids is 1. The summed E-state index contributed by atoms with van der Waals surface area (Å²) in [6.45, 7) is 3.55. The molecular weight excluding hydrogens is 414 g/mol. The summed E-state index contributed by atoms with van der Waals surface area (Å²) >= 11 is 1.40. The first-order chi connectivity index (χ1) is 15.1. The number of para-hydroxylation sites is 2. The maximum absolute atomic E-state index is 12.7. The number of carbonyl (C=O) groups is 2. The first-order valence-corrected chi connectivity index (χ1v) is 11.4. The number of nitrogens with zero attached hydrogens (tertiary/aromatic N) is 3. The number of thioether (sulfide) groups is 1.